The maximum absolute atomic E-state index is 14.2. The van der Waals surface area contributed by atoms with Crippen molar-refractivity contribution in [3.63, 3.8) is 0 Å². The highest BCUT2D eigenvalue weighted by atomic mass is 32.2. The first kappa shape index (κ1) is 24.8. The molecule has 182 valence electrons. The van der Waals surface area contributed by atoms with E-state index >= 15 is 0 Å². The Labute approximate surface area is 206 Å². The van der Waals surface area contributed by atoms with Crippen LogP contribution in [0.4, 0.5) is 5.69 Å². The first-order valence-corrected chi connectivity index (χ1v) is 12.9. The Morgan fingerprint density at radius 1 is 0.971 bits per heavy atom. The number of imide groups is 1. The molecule has 1 unspecified atom stereocenters. The minimum atomic E-state index is -4.15. The average Bonchev–Trinajstić information content (AvgIpc) is 3.10. The lowest BCUT2D eigenvalue weighted by molar-refractivity contribution is -0.122. The van der Waals surface area contributed by atoms with E-state index in [9.17, 15) is 18.0 Å². The van der Waals surface area contributed by atoms with Crippen molar-refractivity contribution in [2.45, 2.75) is 58.5 Å². The zero-order chi connectivity index (χ0) is 25.5. The molecule has 4 rings (SSSR count). The third-order valence-electron chi connectivity index (χ3n) is 6.69. The van der Waals surface area contributed by atoms with Crippen molar-refractivity contribution in [3.8, 4) is 0 Å². The van der Waals surface area contributed by atoms with Crippen LogP contribution in [0.15, 0.2) is 59.8 Å². The molecule has 0 spiro atoms. The molecule has 0 bridgehead atoms. The second-order valence-corrected chi connectivity index (χ2v) is 11.0. The lowest BCUT2D eigenvalue weighted by atomic mass is 10.0. The van der Waals surface area contributed by atoms with Crippen molar-refractivity contribution in [2.24, 2.45) is 0 Å². The van der Waals surface area contributed by atoms with Crippen LogP contribution in [0.5, 0.6) is 0 Å². The highest BCUT2D eigenvalue weighted by molar-refractivity contribution is 7.89. The Kier molecular flexibility index (Phi) is 6.62. The molecular formula is C27H29N3O4S. The number of anilines is 1. The molecule has 2 heterocycles. The van der Waals surface area contributed by atoms with Gasteiger partial charge in [-0.05, 0) is 80.6 Å². The third-order valence-corrected chi connectivity index (χ3v) is 8.82. The van der Waals surface area contributed by atoms with Crippen LogP contribution in [0.3, 0.4) is 0 Å². The lowest BCUT2D eigenvalue weighted by Gasteiger charge is -2.29. The second-order valence-electron chi connectivity index (χ2n) is 9.12. The summed E-state index contributed by atoms with van der Waals surface area (Å²) >= 11 is 0. The van der Waals surface area contributed by atoms with Crippen LogP contribution in [0, 0.1) is 34.6 Å². The second kappa shape index (κ2) is 9.36. The van der Waals surface area contributed by atoms with Gasteiger partial charge in [-0.25, -0.2) is 13.3 Å². The van der Waals surface area contributed by atoms with E-state index in [1.165, 1.54) is 4.31 Å². The highest BCUT2D eigenvalue weighted by Gasteiger charge is 2.47. The molecule has 35 heavy (non-hydrogen) atoms. The smallest absolute Gasteiger partial charge is 0.252 e. The maximum atomic E-state index is 14.2. The molecule has 2 aromatic carbocycles. The van der Waals surface area contributed by atoms with Crippen LogP contribution in [0.25, 0.3) is 0 Å². The summed E-state index contributed by atoms with van der Waals surface area (Å²) in [6.45, 7) is 9.13. The number of amides is 2. The SMILES string of the molecule is Cc1ccc(N2C(=O)CC(N(Cc3cccnc3)S(=O)(=O)c3c(C)c(C)cc(C)c3C)C2=O)cc1. The van der Waals surface area contributed by atoms with Gasteiger partial charge >= 0.3 is 0 Å². The fourth-order valence-electron chi connectivity index (χ4n) is 4.53. The molecule has 8 heteroatoms. The highest BCUT2D eigenvalue weighted by Crippen LogP contribution is 2.34. The molecule has 1 fully saturated rings. The number of carbonyl (C=O) groups excluding carboxylic acids is 2. The van der Waals surface area contributed by atoms with Crippen molar-refractivity contribution in [3.05, 3.63) is 88.2 Å². The van der Waals surface area contributed by atoms with E-state index in [1.54, 1.807) is 50.5 Å². The van der Waals surface area contributed by atoms with Crippen LogP contribution in [0.2, 0.25) is 0 Å². The summed E-state index contributed by atoms with van der Waals surface area (Å²) in [4.78, 5) is 32.0. The van der Waals surface area contributed by atoms with E-state index in [4.69, 9.17) is 0 Å². The van der Waals surface area contributed by atoms with Crippen LogP contribution in [-0.2, 0) is 26.2 Å². The molecule has 0 aliphatic carbocycles. The van der Waals surface area contributed by atoms with Gasteiger partial charge in [0.2, 0.25) is 15.9 Å². The fraction of sp³-hybridized carbons (Fsp3) is 0.296. The summed E-state index contributed by atoms with van der Waals surface area (Å²) < 4.78 is 29.6. The van der Waals surface area contributed by atoms with E-state index in [-0.39, 0.29) is 17.9 Å². The normalized spacial score (nSPS) is 16.4. The van der Waals surface area contributed by atoms with E-state index in [0.29, 0.717) is 22.4 Å². The number of aryl methyl sites for hydroxylation is 3. The lowest BCUT2D eigenvalue weighted by Crippen LogP contribution is -2.45. The summed E-state index contributed by atoms with van der Waals surface area (Å²) in [6.07, 6.45) is 2.95. The van der Waals surface area contributed by atoms with Crippen molar-refractivity contribution in [1.82, 2.24) is 9.29 Å². The molecule has 1 aromatic heterocycles. The number of nitrogens with zero attached hydrogens (tertiary/aromatic N) is 3. The number of benzene rings is 2. The zero-order valence-electron chi connectivity index (χ0n) is 20.6. The fourth-order valence-corrected chi connectivity index (χ4v) is 6.67. The number of hydrogen-bond donors (Lipinski definition) is 0. The molecule has 3 aromatic rings. The molecule has 0 radical (unpaired) electrons. The molecular weight excluding hydrogens is 462 g/mol. The average molecular weight is 492 g/mol. The maximum Gasteiger partial charge on any atom is 0.252 e. The van der Waals surface area contributed by atoms with Gasteiger partial charge in [0, 0.05) is 18.9 Å². The standard InChI is InChI=1S/C27H29N3O4S/c1-17-8-10-23(11-9-17)30-25(31)14-24(27(30)32)29(16-22-7-6-12-28-15-22)35(33,34)26-20(4)18(2)13-19(3)21(26)5/h6-13,15,24H,14,16H2,1-5H3. The molecule has 0 saturated carbocycles. The predicted octanol–water partition coefficient (Wildman–Crippen LogP) is 4.15. The van der Waals surface area contributed by atoms with Crippen molar-refractivity contribution in [1.29, 1.82) is 0 Å². The molecule has 1 atom stereocenters. The van der Waals surface area contributed by atoms with Gasteiger partial charge in [0.15, 0.2) is 0 Å². The summed E-state index contributed by atoms with van der Waals surface area (Å²) in [6, 6.07) is 11.3. The molecule has 2 amide bonds. The number of hydrogen-bond acceptors (Lipinski definition) is 5. The molecule has 1 saturated heterocycles. The van der Waals surface area contributed by atoms with E-state index in [2.05, 4.69) is 4.98 Å². The van der Waals surface area contributed by atoms with E-state index in [1.807, 2.05) is 39.0 Å². The van der Waals surface area contributed by atoms with Gasteiger partial charge in [-0.1, -0.05) is 29.8 Å². The van der Waals surface area contributed by atoms with Crippen LogP contribution in [-0.4, -0.2) is 35.6 Å². The van der Waals surface area contributed by atoms with Crippen molar-refractivity contribution in [2.75, 3.05) is 4.90 Å². The number of pyridine rings is 1. The Morgan fingerprint density at radius 2 is 1.60 bits per heavy atom. The summed E-state index contributed by atoms with van der Waals surface area (Å²) in [5.41, 5.74) is 5.03. The van der Waals surface area contributed by atoms with Gasteiger partial charge in [0.25, 0.3) is 5.91 Å². The van der Waals surface area contributed by atoms with Crippen molar-refractivity contribution < 1.29 is 18.0 Å². The van der Waals surface area contributed by atoms with Crippen LogP contribution < -0.4 is 4.90 Å². The Balaban J connectivity index is 1.84. The molecule has 1 aliphatic heterocycles. The third kappa shape index (κ3) is 4.51. The number of aromatic nitrogens is 1. The van der Waals surface area contributed by atoms with Gasteiger partial charge in [-0.2, -0.15) is 4.31 Å². The molecule has 0 N–H and O–H groups in total. The topological polar surface area (TPSA) is 87.7 Å². The first-order chi connectivity index (χ1) is 16.5. The zero-order valence-corrected chi connectivity index (χ0v) is 21.4. The van der Waals surface area contributed by atoms with Crippen LogP contribution in [0.1, 0.15) is 39.8 Å². The Bertz CT molecular complexity index is 1370. The number of sulfonamides is 1. The summed E-state index contributed by atoms with van der Waals surface area (Å²) in [5.74, 6) is -0.977. The summed E-state index contributed by atoms with van der Waals surface area (Å²) in [5, 5.41) is 0. The van der Waals surface area contributed by atoms with Gasteiger partial charge in [0.1, 0.15) is 6.04 Å². The van der Waals surface area contributed by atoms with Gasteiger partial charge in [0.05, 0.1) is 17.0 Å². The quantitative estimate of drug-likeness (QED) is 0.484. The van der Waals surface area contributed by atoms with Gasteiger partial charge in [-0.15, -0.1) is 0 Å². The first-order valence-electron chi connectivity index (χ1n) is 11.4. The molecule has 1 aliphatic rings. The number of rotatable bonds is 6. The van der Waals surface area contributed by atoms with E-state index in [0.717, 1.165) is 21.6 Å². The Hall–Kier alpha value is -3.36. The monoisotopic (exact) mass is 491 g/mol. The Morgan fingerprint density at radius 3 is 2.17 bits per heavy atom. The number of carbonyl (C=O) groups is 2. The van der Waals surface area contributed by atoms with Crippen molar-refractivity contribution >= 4 is 27.5 Å². The van der Waals surface area contributed by atoms with Gasteiger partial charge in [-0.3, -0.25) is 14.6 Å². The minimum Gasteiger partial charge on any atom is -0.274 e. The molecule has 7 nitrogen and oxygen atoms in total. The van der Waals surface area contributed by atoms with Gasteiger partial charge < -0.3 is 0 Å². The largest absolute Gasteiger partial charge is 0.274 e. The van der Waals surface area contributed by atoms with E-state index < -0.39 is 27.9 Å². The summed E-state index contributed by atoms with van der Waals surface area (Å²) in [7, 11) is -4.15. The predicted molar refractivity (Wildman–Crippen MR) is 134 cm³/mol. The minimum absolute atomic E-state index is 0.0759. The van der Waals surface area contributed by atoms with Crippen LogP contribution >= 0.6 is 0 Å².